The second-order valence-corrected chi connectivity index (χ2v) is 8.88. The summed E-state index contributed by atoms with van der Waals surface area (Å²) in [5.74, 6) is 2.93. The highest BCUT2D eigenvalue weighted by molar-refractivity contribution is 5.76. The van der Waals surface area contributed by atoms with E-state index in [0.29, 0.717) is 12.0 Å². The lowest BCUT2D eigenvalue weighted by atomic mass is 9.49. The van der Waals surface area contributed by atoms with Crippen LogP contribution in [0, 0.1) is 23.2 Å². The van der Waals surface area contributed by atoms with Crippen molar-refractivity contribution in [3.8, 4) is 5.69 Å². The van der Waals surface area contributed by atoms with Crippen LogP contribution in [0.3, 0.4) is 0 Å². The van der Waals surface area contributed by atoms with Gasteiger partial charge in [-0.15, -0.1) is 0 Å². The Morgan fingerprint density at radius 2 is 1.73 bits per heavy atom. The van der Waals surface area contributed by atoms with Crippen LogP contribution >= 0.6 is 0 Å². The minimum atomic E-state index is 0.229. The van der Waals surface area contributed by atoms with Gasteiger partial charge in [0.1, 0.15) is 12.7 Å². The van der Waals surface area contributed by atoms with Crippen molar-refractivity contribution in [3.63, 3.8) is 0 Å². The lowest BCUT2D eigenvalue weighted by Crippen LogP contribution is -2.47. The molecule has 1 amide bonds. The second-order valence-electron chi connectivity index (χ2n) is 8.88. The molecule has 5 heteroatoms. The Balaban J connectivity index is 1.18. The molecule has 1 aromatic carbocycles. The molecule has 2 aromatic rings. The molecule has 6 rings (SSSR count). The number of benzene rings is 1. The predicted octanol–water partition coefficient (Wildman–Crippen LogP) is 3.49. The molecule has 0 saturated heterocycles. The van der Waals surface area contributed by atoms with Crippen molar-refractivity contribution >= 4 is 5.91 Å². The zero-order valence-electron chi connectivity index (χ0n) is 15.1. The summed E-state index contributed by atoms with van der Waals surface area (Å²) >= 11 is 0. The molecule has 4 saturated carbocycles. The number of nitrogens with zero attached hydrogens (tertiary/aromatic N) is 3. The number of carbonyl (C=O) groups excluding carboxylic acids is 1. The van der Waals surface area contributed by atoms with Gasteiger partial charge in [-0.2, -0.15) is 5.10 Å². The molecule has 4 fully saturated rings. The van der Waals surface area contributed by atoms with Gasteiger partial charge >= 0.3 is 0 Å². The van der Waals surface area contributed by atoms with Crippen molar-refractivity contribution in [1.29, 1.82) is 0 Å². The van der Waals surface area contributed by atoms with E-state index in [1.807, 2.05) is 24.3 Å². The molecule has 4 aliphatic rings. The van der Waals surface area contributed by atoms with Crippen LogP contribution in [0.2, 0.25) is 0 Å². The Morgan fingerprint density at radius 1 is 1.08 bits per heavy atom. The van der Waals surface area contributed by atoms with E-state index in [0.717, 1.165) is 35.4 Å². The third kappa shape index (κ3) is 3.04. The van der Waals surface area contributed by atoms with Crippen molar-refractivity contribution in [2.24, 2.45) is 23.2 Å². The highest BCUT2D eigenvalue weighted by Gasteiger charge is 2.51. The zero-order valence-corrected chi connectivity index (χ0v) is 15.1. The molecule has 0 atom stereocenters. The van der Waals surface area contributed by atoms with E-state index in [-0.39, 0.29) is 5.91 Å². The van der Waals surface area contributed by atoms with Gasteiger partial charge in [-0.05, 0) is 79.4 Å². The standard InChI is InChI=1S/C21H26N4O/c26-20(11-21-8-16-5-17(9-21)7-18(6-16)10-21)23-12-15-1-3-19(4-2-15)25-14-22-13-24-25/h1-4,13-14,16-18H,5-12H2,(H,23,26). The zero-order chi connectivity index (χ0) is 17.6. The molecule has 0 radical (unpaired) electrons. The Hall–Kier alpha value is -2.17. The van der Waals surface area contributed by atoms with E-state index in [1.54, 1.807) is 11.0 Å². The molecule has 4 bridgehead atoms. The van der Waals surface area contributed by atoms with E-state index in [1.165, 1.54) is 44.9 Å². The third-order valence-corrected chi connectivity index (χ3v) is 6.81. The van der Waals surface area contributed by atoms with E-state index in [9.17, 15) is 4.79 Å². The summed E-state index contributed by atoms with van der Waals surface area (Å²) in [5.41, 5.74) is 2.41. The summed E-state index contributed by atoms with van der Waals surface area (Å²) in [7, 11) is 0. The first kappa shape index (κ1) is 16.0. The number of amides is 1. The first-order valence-corrected chi connectivity index (χ1v) is 9.88. The fraction of sp³-hybridized carbons (Fsp3) is 0.571. The van der Waals surface area contributed by atoms with E-state index < -0.39 is 0 Å². The van der Waals surface area contributed by atoms with Crippen LogP contribution in [-0.2, 0) is 11.3 Å². The van der Waals surface area contributed by atoms with Gasteiger partial charge in [0.25, 0.3) is 0 Å². The van der Waals surface area contributed by atoms with Gasteiger partial charge in [-0.25, -0.2) is 9.67 Å². The summed E-state index contributed by atoms with van der Waals surface area (Å²) in [4.78, 5) is 16.6. The van der Waals surface area contributed by atoms with Crippen LogP contribution < -0.4 is 5.32 Å². The van der Waals surface area contributed by atoms with E-state index in [4.69, 9.17) is 0 Å². The van der Waals surface area contributed by atoms with Crippen LogP contribution in [0.25, 0.3) is 5.69 Å². The van der Waals surface area contributed by atoms with Crippen molar-refractivity contribution in [1.82, 2.24) is 20.1 Å². The quantitative estimate of drug-likeness (QED) is 0.898. The fourth-order valence-corrected chi connectivity index (χ4v) is 6.22. The molecule has 0 unspecified atom stereocenters. The van der Waals surface area contributed by atoms with Gasteiger partial charge in [0.15, 0.2) is 0 Å². The molecule has 0 spiro atoms. The van der Waals surface area contributed by atoms with Crippen LogP contribution in [0.15, 0.2) is 36.9 Å². The number of hydrogen-bond donors (Lipinski definition) is 1. The van der Waals surface area contributed by atoms with Gasteiger partial charge in [0.2, 0.25) is 5.91 Å². The Bertz CT molecular complexity index is 746. The van der Waals surface area contributed by atoms with Gasteiger partial charge in [-0.3, -0.25) is 4.79 Å². The number of aromatic nitrogens is 3. The number of rotatable bonds is 5. The number of carbonyl (C=O) groups is 1. The molecule has 1 N–H and O–H groups in total. The largest absolute Gasteiger partial charge is 0.352 e. The fourth-order valence-electron chi connectivity index (χ4n) is 6.22. The lowest BCUT2D eigenvalue weighted by Gasteiger charge is -2.56. The maximum Gasteiger partial charge on any atom is 0.220 e. The van der Waals surface area contributed by atoms with Crippen LogP contribution in [0.4, 0.5) is 0 Å². The first-order chi connectivity index (χ1) is 12.7. The van der Waals surface area contributed by atoms with Crippen LogP contribution in [-0.4, -0.2) is 20.7 Å². The maximum atomic E-state index is 12.6. The normalized spacial score (nSPS) is 31.9. The van der Waals surface area contributed by atoms with Crippen molar-refractivity contribution < 1.29 is 4.79 Å². The highest BCUT2D eigenvalue weighted by Crippen LogP contribution is 2.61. The first-order valence-electron chi connectivity index (χ1n) is 9.88. The monoisotopic (exact) mass is 350 g/mol. The van der Waals surface area contributed by atoms with Crippen molar-refractivity contribution in [3.05, 3.63) is 42.5 Å². The molecule has 4 aliphatic carbocycles. The number of hydrogen-bond acceptors (Lipinski definition) is 3. The molecule has 1 aromatic heterocycles. The topological polar surface area (TPSA) is 59.8 Å². The summed E-state index contributed by atoms with van der Waals surface area (Å²) in [6.07, 6.45) is 12.1. The van der Waals surface area contributed by atoms with Crippen LogP contribution in [0.5, 0.6) is 0 Å². The lowest BCUT2D eigenvalue weighted by molar-refractivity contribution is -0.129. The Labute approximate surface area is 154 Å². The van der Waals surface area contributed by atoms with Crippen molar-refractivity contribution in [2.45, 2.75) is 51.5 Å². The van der Waals surface area contributed by atoms with Gasteiger partial charge in [0, 0.05) is 13.0 Å². The molecule has 26 heavy (non-hydrogen) atoms. The van der Waals surface area contributed by atoms with E-state index in [2.05, 4.69) is 15.4 Å². The smallest absolute Gasteiger partial charge is 0.220 e. The summed E-state index contributed by atoms with van der Waals surface area (Å²) < 4.78 is 1.73. The highest BCUT2D eigenvalue weighted by atomic mass is 16.1. The predicted molar refractivity (Wildman–Crippen MR) is 98.4 cm³/mol. The van der Waals surface area contributed by atoms with Crippen LogP contribution in [0.1, 0.15) is 50.5 Å². The Kier molecular flexibility index (Phi) is 3.84. The summed E-state index contributed by atoms with van der Waals surface area (Å²) in [6.45, 7) is 0.600. The molecule has 1 heterocycles. The molecule has 0 aliphatic heterocycles. The van der Waals surface area contributed by atoms with Crippen molar-refractivity contribution in [2.75, 3.05) is 0 Å². The Morgan fingerprint density at radius 3 is 2.31 bits per heavy atom. The second kappa shape index (κ2) is 6.22. The minimum absolute atomic E-state index is 0.229. The minimum Gasteiger partial charge on any atom is -0.352 e. The molecular weight excluding hydrogens is 324 g/mol. The molecule has 136 valence electrons. The van der Waals surface area contributed by atoms with Gasteiger partial charge < -0.3 is 5.32 Å². The molecule has 5 nitrogen and oxygen atoms in total. The van der Waals surface area contributed by atoms with Gasteiger partial charge in [0.05, 0.1) is 5.69 Å². The maximum absolute atomic E-state index is 12.6. The average molecular weight is 350 g/mol. The summed E-state index contributed by atoms with van der Waals surface area (Å²) in [5, 5.41) is 7.28. The summed E-state index contributed by atoms with van der Waals surface area (Å²) in [6, 6.07) is 8.11. The third-order valence-electron chi connectivity index (χ3n) is 6.81. The molecular formula is C21H26N4O. The SMILES string of the molecule is O=C(CC12CC3CC(CC(C3)C1)C2)NCc1ccc(-n2cncn2)cc1. The van der Waals surface area contributed by atoms with Gasteiger partial charge in [-0.1, -0.05) is 12.1 Å². The average Bonchev–Trinajstić information content (AvgIpc) is 3.13. The van der Waals surface area contributed by atoms with E-state index >= 15 is 0 Å². The number of nitrogens with one attached hydrogen (secondary N) is 1.